The van der Waals surface area contributed by atoms with Gasteiger partial charge >= 0.3 is 5.97 Å². The summed E-state index contributed by atoms with van der Waals surface area (Å²) < 4.78 is 4.79. The molecule has 0 aliphatic carbocycles. The first kappa shape index (κ1) is 23.1. The van der Waals surface area contributed by atoms with Crippen LogP contribution in [0.2, 0.25) is 0 Å². The van der Waals surface area contributed by atoms with E-state index >= 15 is 0 Å². The highest BCUT2D eigenvalue weighted by atomic mass is 16.6. The molecular formula is C20H39NO3. The number of carbonyl (C=O) groups excluding carboxylic acids is 1. The highest BCUT2D eigenvalue weighted by molar-refractivity contribution is 5.76. The number of hydrogen-bond acceptors (Lipinski definition) is 4. The topological polar surface area (TPSA) is 72.5 Å². The zero-order valence-electron chi connectivity index (χ0n) is 15.8. The van der Waals surface area contributed by atoms with Gasteiger partial charge in [0.2, 0.25) is 0 Å². The molecule has 142 valence electrons. The lowest BCUT2D eigenvalue weighted by atomic mass is 10.1. The van der Waals surface area contributed by atoms with Gasteiger partial charge in [0, 0.05) is 0 Å². The lowest BCUT2D eigenvalue weighted by Gasteiger charge is -2.13. The van der Waals surface area contributed by atoms with Crippen LogP contribution in [0.1, 0.15) is 90.9 Å². The zero-order chi connectivity index (χ0) is 18.0. The van der Waals surface area contributed by atoms with Crippen LogP contribution >= 0.6 is 0 Å². The van der Waals surface area contributed by atoms with Crippen molar-refractivity contribution in [1.29, 1.82) is 0 Å². The molecule has 3 N–H and O–H groups in total. The fourth-order valence-electron chi connectivity index (χ4n) is 2.66. The summed E-state index contributed by atoms with van der Waals surface area (Å²) in [5, 5.41) is 9.78. The van der Waals surface area contributed by atoms with E-state index in [4.69, 9.17) is 10.5 Å². The fourth-order valence-corrected chi connectivity index (χ4v) is 2.66. The number of hydrogen-bond donors (Lipinski definition) is 2. The maximum absolute atomic E-state index is 11.4. The summed E-state index contributed by atoms with van der Waals surface area (Å²) in [5.41, 5.74) is 5.62. The van der Waals surface area contributed by atoms with E-state index in [1.807, 2.05) is 6.08 Å². The van der Waals surface area contributed by atoms with E-state index in [1.165, 1.54) is 64.2 Å². The first-order valence-corrected chi connectivity index (χ1v) is 9.90. The van der Waals surface area contributed by atoms with Gasteiger partial charge in [-0.2, -0.15) is 0 Å². The van der Waals surface area contributed by atoms with Gasteiger partial charge < -0.3 is 15.6 Å². The van der Waals surface area contributed by atoms with E-state index in [9.17, 15) is 9.90 Å². The number of aliphatic hydroxyl groups is 1. The Labute approximate surface area is 148 Å². The highest BCUT2D eigenvalue weighted by Gasteiger charge is 2.21. The quantitative estimate of drug-likeness (QED) is 0.187. The third kappa shape index (κ3) is 13.6. The molecule has 0 fully saturated rings. The van der Waals surface area contributed by atoms with E-state index in [1.54, 1.807) is 13.0 Å². The Morgan fingerprint density at radius 1 is 0.958 bits per heavy atom. The summed E-state index contributed by atoms with van der Waals surface area (Å²) in [7, 11) is 0. The van der Waals surface area contributed by atoms with Crippen molar-refractivity contribution in [2.24, 2.45) is 5.73 Å². The number of aliphatic hydroxyl groups excluding tert-OH is 1. The van der Waals surface area contributed by atoms with Crippen LogP contribution in [-0.4, -0.2) is 29.8 Å². The summed E-state index contributed by atoms with van der Waals surface area (Å²) in [4.78, 5) is 11.4. The Bertz CT molecular complexity index is 318. The smallest absolute Gasteiger partial charge is 0.325 e. The molecule has 0 aromatic heterocycles. The molecule has 4 heteroatoms. The van der Waals surface area contributed by atoms with Gasteiger partial charge in [0.15, 0.2) is 0 Å². The molecule has 0 aromatic rings. The standard InChI is InChI=1S/C20H39NO3/c1-3-5-6-7-8-9-10-11-12-13-14-15-16-17-18(22)19(21)20(23)24-4-2/h16-19,22H,3-15,21H2,1-2H3/b17-16+/t18-,19-/m1/s1/i19+1,20+1. The molecule has 0 saturated carbocycles. The molecule has 0 aromatic carbocycles. The molecule has 0 rings (SSSR count). The summed E-state index contributed by atoms with van der Waals surface area (Å²) in [6.07, 6.45) is 18.1. The van der Waals surface area contributed by atoms with Crippen molar-refractivity contribution in [3.05, 3.63) is 12.2 Å². The van der Waals surface area contributed by atoms with Crippen molar-refractivity contribution in [2.45, 2.75) is 103 Å². The second-order valence-electron chi connectivity index (χ2n) is 6.52. The molecule has 0 aliphatic rings. The molecule has 0 amide bonds. The number of carbonyl (C=O) groups is 1. The minimum absolute atomic E-state index is 0.279. The largest absolute Gasteiger partial charge is 0.465 e. The van der Waals surface area contributed by atoms with Crippen LogP contribution in [0.15, 0.2) is 12.2 Å². The molecule has 0 bridgehead atoms. The number of ether oxygens (including phenoxy) is 1. The van der Waals surface area contributed by atoms with E-state index < -0.39 is 18.1 Å². The highest BCUT2D eigenvalue weighted by Crippen LogP contribution is 2.12. The molecule has 24 heavy (non-hydrogen) atoms. The number of unbranched alkanes of at least 4 members (excludes halogenated alkanes) is 11. The summed E-state index contributed by atoms with van der Waals surface area (Å²) in [6, 6.07) is -0.987. The van der Waals surface area contributed by atoms with Gasteiger partial charge in [-0.1, -0.05) is 83.3 Å². The Morgan fingerprint density at radius 2 is 1.46 bits per heavy atom. The van der Waals surface area contributed by atoms with Crippen molar-refractivity contribution in [2.75, 3.05) is 6.61 Å². The Morgan fingerprint density at radius 3 is 1.96 bits per heavy atom. The van der Waals surface area contributed by atoms with Gasteiger partial charge in [0.1, 0.15) is 6.04 Å². The Hall–Kier alpha value is -0.870. The number of rotatable bonds is 16. The third-order valence-corrected chi connectivity index (χ3v) is 4.23. The third-order valence-electron chi connectivity index (χ3n) is 4.23. The van der Waals surface area contributed by atoms with E-state index in [2.05, 4.69) is 6.92 Å². The molecule has 0 aliphatic heterocycles. The minimum Gasteiger partial charge on any atom is -0.465 e. The summed E-state index contributed by atoms with van der Waals surface area (Å²) in [6.45, 7) is 4.26. The fraction of sp³-hybridized carbons (Fsp3) is 0.850. The van der Waals surface area contributed by atoms with E-state index in [-0.39, 0.29) is 6.61 Å². The average molecular weight is 344 g/mol. The van der Waals surface area contributed by atoms with Gasteiger partial charge in [-0.3, -0.25) is 4.79 Å². The zero-order valence-corrected chi connectivity index (χ0v) is 15.8. The summed E-state index contributed by atoms with van der Waals surface area (Å²) in [5.74, 6) is -0.552. The molecule has 0 heterocycles. The van der Waals surface area contributed by atoms with Gasteiger partial charge in [-0.05, 0) is 19.8 Å². The predicted octanol–water partition coefficient (Wildman–Crippen LogP) is 4.50. The van der Waals surface area contributed by atoms with Gasteiger partial charge in [0.05, 0.1) is 12.7 Å². The van der Waals surface area contributed by atoms with Gasteiger partial charge in [-0.25, -0.2) is 0 Å². The molecule has 0 saturated heterocycles. The minimum atomic E-state index is -0.987. The maximum atomic E-state index is 11.4. The molecule has 0 radical (unpaired) electrons. The molecule has 0 unspecified atom stereocenters. The SMILES string of the molecule is CCCCCCCCCCCCC/C=C/[C@@H](O)[13C@@H](N)[13C](=O)OCC. The second kappa shape index (κ2) is 17.0. The maximum Gasteiger partial charge on any atom is 0.325 e. The van der Waals surface area contributed by atoms with Crippen LogP contribution in [0.25, 0.3) is 0 Å². The van der Waals surface area contributed by atoms with Crippen molar-refractivity contribution in [1.82, 2.24) is 0 Å². The van der Waals surface area contributed by atoms with Crippen LogP contribution in [0.5, 0.6) is 0 Å². The Kier molecular flexibility index (Phi) is 16.4. The first-order chi connectivity index (χ1) is 11.6. The van der Waals surface area contributed by atoms with Gasteiger partial charge in [-0.15, -0.1) is 0 Å². The van der Waals surface area contributed by atoms with Crippen molar-refractivity contribution >= 4 is 5.97 Å². The number of esters is 1. The first-order valence-electron chi connectivity index (χ1n) is 9.90. The van der Waals surface area contributed by atoms with Crippen LogP contribution in [0, 0.1) is 0 Å². The number of nitrogens with two attached hydrogens (primary N) is 1. The lowest BCUT2D eigenvalue weighted by Crippen LogP contribution is -2.42. The Balaban J connectivity index is 3.44. The van der Waals surface area contributed by atoms with Crippen molar-refractivity contribution in [3.8, 4) is 0 Å². The van der Waals surface area contributed by atoms with Crippen molar-refractivity contribution < 1.29 is 14.6 Å². The van der Waals surface area contributed by atoms with Crippen LogP contribution in [-0.2, 0) is 9.53 Å². The summed E-state index contributed by atoms with van der Waals surface area (Å²) >= 11 is 0. The molecule has 2 atom stereocenters. The molecule has 4 nitrogen and oxygen atoms in total. The van der Waals surface area contributed by atoms with Crippen LogP contribution < -0.4 is 5.73 Å². The predicted molar refractivity (Wildman–Crippen MR) is 101 cm³/mol. The monoisotopic (exact) mass is 343 g/mol. The van der Waals surface area contributed by atoms with Gasteiger partial charge in [0.25, 0.3) is 0 Å². The number of allylic oxidation sites excluding steroid dienone is 1. The molecule has 0 spiro atoms. The van der Waals surface area contributed by atoms with E-state index in [0.717, 1.165) is 12.8 Å². The molecular weight excluding hydrogens is 304 g/mol. The van der Waals surface area contributed by atoms with E-state index in [0.29, 0.717) is 0 Å². The van der Waals surface area contributed by atoms with Crippen LogP contribution in [0.3, 0.4) is 0 Å². The normalized spacial score (nSPS) is 14.0. The lowest BCUT2D eigenvalue weighted by molar-refractivity contribution is -0.146. The van der Waals surface area contributed by atoms with Crippen molar-refractivity contribution in [3.63, 3.8) is 0 Å². The van der Waals surface area contributed by atoms with Crippen LogP contribution in [0.4, 0.5) is 0 Å². The average Bonchev–Trinajstić information content (AvgIpc) is 2.58. The second-order valence-corrected chi connectivity index (χ2v) is 6.52.